The zero-order valence-electron chi connectivity index (χ0n) is 10.8. The maximum absolute atomic E-state index is 4.59. The van der Waals surface area contributed by atoms with Crippen molar-refractivity contribution in [2.75, 3.05) is 12.4 Å². The van der Waals surface area contributed by atoms with Crippen LogP contribution < -0.4 is 5.32 Å². The molecule has 4 heteroatoms. The molecule has 0 fully saturated rings. The molecule has 90 valence electrons. The summed E-state index contributed by atoms with van der Waals surface area (Å²) in [6, 6.07) is 3.97. The highest BCUT2D eigenvalue weighted by atomic mass is 15.3. The topological polar surface area (TPSA) is 42.7 Å². The Kier molecular flexibility index (Phi) is 3.13. The van der Waals surface area contributed by atoms with Crippen LogP contribution in [0.1, 0.15) is 23.9 Å². The number of aryl methyl sites for hydroxylation is 1. The SMILES string of the molecule is CCc1c(C)nn(-c2ccnc(NC)c2)c1C. The van der Waals surface area contributed by atoms with Crippen LogP contribution in [0.5, 0.6) is 0 Å². The van der Waals surface area contributed by atoms with Gasteiger partial charge in [-0.2, -0.15) is 5.10 Å². The molecule has 0 aromatic carbocycles. The summed E-state index contributed by atoms with van der Waals surface area (Å²) in [7, 11) is 1.87. The van der Waals surface area contributed by atoms with Gasteiger partial charge in [0.1, 0.15) is 5.82 Å². The highest BCUT2D eigenvalue weighted by Crippen LogP contribution is 2.19. The molecule has 0 bridgehead atoms. The van der Waals surface area contributed by atoms with E-state index in [0.717, 1.165) is 23.6 Å². The molecule has 0 aliphatic carbocycles. The summed E-state index contributed by atoms with van der Waals surface area (Å²) >= 11 is 0. The second kappa shape index (κ2) is 4.57. The molecule has 4 nitrogen and oxygen atoms in total. The predicted molar refractivity (Wildman–Crippen MR) is 69.8 cm³/mol. The standard InChI is InChI=1S/C13H18N4/c1-5-12-9(2)16-17(10(12)3)11-6-7-15-13(8-11)14-4/h6-8H,5H2,1-4H3,(H,14,15). The number of hydrogen-bond donors (Lipinski definition) is 1. The van der Waals surface area contributed by atoms with E-state index in [1.165, 1.54) is 11.3 Å². The van der Waals surface area contributed by atoms with Crippen molar-refractivity contribution in [1.29, 1.82) is 0 Å². The summed E-state index contributed by atoms with van der Waals surface area (Å²) in [5, 5.41) is 7.63. The largest absolute Gasteiger partial charge is 0.373 e. The predicted octanol–water partition coefficient (Wildman–Crippen LogP) is 2.49. The van der Waals surface area contributed by atoms with Crippen LogP contribution in [0.2, 0.25) is 0 Å². The van der Waals surface area contributed by atoms with Crippen molar-refractivity contribution in [3.63, 3.8) is 0 Å². The molecule has 1 N–H and O–H groups in total. The number of anilines is 1. The third-order valence-electron chi connectivity index (χ3n) is 3.04. The normalized spacial score (nSPS) is 10.6. The lowest BCUT2D eigenvalue weighted by Gasteiger charge is -2.06. The second-order valence-corrected chi connectivity index (χ2v) is 4.06. The molecule has 0 unspecified atom stereocenters. The number of aromatic nitrogens is 3. The van der Waals surface area contributed by atoms with Gasteiger partial charge in [-0.15, -0.1) is 0 Å². The lowest BCUT2D eigenvalue weighted by atomic mass is 10.1. The summed E-state index contributed by atoms with van der Waals surface area (Å²) in [6.45, 7) is 6.33. The molecule has 2 rings (SSSR count). The minimum absolute atomic E-state index is 0.855. The molecule has 0 radical (unpaired) electrons. The van der Waals surface area contributed by atoms with Crippen molar-refractivity contribution >= 4 is 5.82 Å². The second-order valence-electron chi connectivity index (χ2n) is 4.06. The zero-order chi connectivity index (χ0) is 12.4. The van der Waals surface area contributed by atoms with Crippen LogP contribution >= 0.6 is 0 Å². The highest BCUT2D eigenvalue weighted by Gasteiger charge is 2.11. The van der Waals surface area contributed by atoms with E-state index in [1.54, 1.807) is 6.20 Å². The van der Waals surface area contributed by atoms with E-state index in [1.807, 2.05) is 23.9 Å². The first-order valence-electron chi connectivity index (χ1n) is 5.86. The van der Waals surface area contributed by atoms with Gasteiger partial charge in [0.15, 0.2) is 0 Å². The van der Waals surface area contributed by atoms with E-state index in [-0.39, 0.29) is 0 Å². The Morgan fingerprint density at radius 2 is 2.12 bits per heavy atom. The molecule has 0 atom stereocenters. The molecule has 0 saturated heterocycles. The van der Waals surface area contributed by atoms with Crippen LogP contribution in [0, 0.1) is 13.8 Å². The molecule has 0 spiro atoms. The fourth-order valence-corrected chi connectivity index (χ4v) is 2.13. The molecule has 0 aliphatic rings. The van der Waals surface area contributed by atoms with E-state index < -0.39 is 0 Å². The summed E-state index contributed by atoms with van der Waals surface area (Å²) in [5.74, 6) is 0.855. The highest BCUT2D eigenvalue weighted by molar-refractivity contribution is 5.45. The van der Waals surface area contributed by atoms with Gasteiger partial charge >= 0.3 is 0 Å². The Balaban J connectivity index is 2.52. The average Bonchev–Trinajstić information content (AvgIpc) is 2.64. The van der Waals surface area contributed by atoms with Crippen molar-refractivity contribution in [3.05, 3.63) is 35.3 Å². The van der Waals surface area contributed by atoms with Gasteiger partial charge in [0, 0.05) is 25.0 Å². The zero-order valence-corrected chi connectivity index (χ0v) is 10.8. The van der Waals surface area contributed by atoms with Crippen molar-refractivity contribution in [1.82, 2.24) is 14.8 Å². The van der Waals surface area contributed by atoms with Gasteiger partial charge in [0.05, 0.1) is 11.4 Å². The van der Waals surface area contributed by atoms with Crippen LogP contribution in [-0.4, -0.2) is 21.8 Å². The van der Waals surface area contributed by atoms with Crippen LogP contribution in [0.4, 0.5) is 5.82 Å². The maximum Gasteiger partial charge on any atom is 0.127 e. The minimum atomic E-state index is 0.855. The summed E-state index contributed by atoms with van der Waals surface area (Å²) < 4.78 is 1.98. The molecule has 0 amide bonds. The van der Waals surface area contributed by atoms with Gasteiger partial charge < -0.3 is 5.32 Å². The Morgan fingerprint density at radius 3 is 2.71 bits per heavy atom. The summed E-state index contributed by atoms with van der Waals surface area (Å²) in [4.78, 5) is 4.21. The van der Waals surface area contributed by atoms with E-state index in [4.69, 9.17) is 0 Å². The first kappa shape index (κ1) is 11.6. The van der Waals surface area contributed by atoms with Crippen molar-refractivity contribution in [2.45, 2.75) is 27.2 Å². The van der Waals surface area contributed by atoms with E-state index in [2.05, 4.69) is 36.2 Å². The first-order valence-corrected chi connectivity index (χ1v) is 5.86. The number of nitrogens with zero attached hydrogens (tertiary/aromatic N) is 3. The van der Waals surface area contributed by atoms with Gasteiger partial charge in [0.2, 0.25) is 0 Å². The Hall–Kier alpha value is -1.84. The van der Waals surface area contributed by atoms with Gasteiger partial charge in [-0.1, -0.05) is 6.92 Å². The third kappa shape index (κ3) is 2.02. The van der Waals surface area contributed by atoms with Crippen molar-refractivity contribution in [3.8, 4) is 5.69 Å². The van der Waals surface area contributed by atoms with Crippen molar-refractivity contribution in [2.24, 2.45) is 0 Å². The van der Waals surface area contributed by atoms with Gasteiger partial charge in [-0.05, 0) is 31.9 Å². The monoisotopic (exact) mass is 230 g/mol. The summed E-state index contributed by atoms with van der Waals surface area (Å²) in [6.07, 6.45) is 2.81. The molecule has 2 aromatic rings. The average molecular weight is 230 g/mol. The first-order chi connectivity index (χ1) is 8.17. The van der Waals surface area contributed by atoms with Crippen LogP contribution in [0.25, 0.3) is 5.69 Å². The van der Waals surface area contributed by atoms with E-state index in [9.17, 15) is 0 Å². The van der Waals surface area contributed by atoms with Crippen LogP contribution in [-0.2, 0) is 6.42 Å². The number of nitrogens with one attached hydrogen (secondary N) is 1. The Bertz CT molecular complexity index is 528. The molecular formula is C13H18N4. The molecule has 0 aliphatic heterocycles. The Morgan fingerprint density at radius 1 is 1.35 bits per heavy atom. The molecule has 17 heavy (non-hydrogen) atoms. The van der Waals surface area contributed by atoms with E-state index in [0.29, 0.717) is 0 Å². The molecular weight excluding hydrogens is 212 g/mol. The number of hydrogen-bond acceptors (Lipinski definition) is 3. The van der Waals surface area contributed by atoms with Crippen LogP contribution in [0.15, 0.2) is 18.3 Å². The molecule has 2 heterocycles. The number of pyridine rings is 1. The minimum Gasteiger partial charge on any atom is -0.373 e. The van der Waals surface area contributed by atoms with Gasteiger partial charge in [-0.25, -0.2) is 9.67 Å². The third-order valence-corrected chi connectivity index (χ3v) is 3.04. The molecule has 2 aromatic heterocycles. The molecule has 0 saturated carbocycles. The van der Waals surface area contributed by atoms with Gasteiger partial charge in [0.25, 0.3) is 0 Å². The maximum atomic E-state index is 4.59. The van der Waals surface area contributed by atoms with Gasteiger partial charge in [-0.3, -0.25) is 0 Å². The smallest absolute Gasteiger partial charge is 0.127 e. The Labute approximate surface area is 102 Å². The number of rotatable bonds is 3. The van der Waals surface area contributed by atoms with E-state index >= 15 is 0 Å². The van der Waals surface area contributed by atoms with Crippen molar-refractivity contribution < 1.29 is 0 Å². The lowest BCUT2D eigenvalue weighted by Crippen LogP contribution is -2.01. The lowest BCUT2D eigenvalue weighted by molar-refractivity contribution is 0.831. The van der Waals surface area contributed by atoms with Crippen LogP contribution in [0.3, 0.4) is 0 Å². The fraction of sp³-hybridized carbons (Fsp3) is 0.385. The quantitative estimate of drug-likeness (QED) is 0.881. The fourth-order valence-electron chi connectivity index (χ4n) is 2.13. The summed E-state index contributed by atoms with van der Waals surface area (Å²) in [5.41, 5.74) is 4.68.